The number of aliphatic hydroxyl groups excluding tert-OH is 1. The molecule has 0 fully saturated rings. The van der Waals surface area contributed by atoms with Gasteiger partial charge < -0.3 is 15.8 Å². The SMILES string of the molecule is CC.NC(=O)c1cc2cc(C(CCO)c3ccccc3)ccc2[nH]1. The number of carbonyl (C=O) groups is 1. The molecule has 0 aliphatic heterocycles. The van der Waals surface area contributed by atoms with E-state index in [1.165, 1.54) is 5.56 Å². The van der Waals surface area contributed by atoms with Crippen LogP contribution in [0.25, 0.3) is 10.9 Å². The van der Waals surface area contributed by atoms with Crippen LogP contribution in [0, 0.1) is 0 Å². The summed E-state index contributed by atoms with van der Waals surface area (Å²) in [5, 5.41) is 10.3. The van der Waals surface area contributed by atoms with E-state index in [-0.39, 0.29) is 12.5 Å². The molecule has 4 N–H and O–H groups in total. The zero-order valence-corrected chi connectivity index (χ0v) is 14.1. The van der Waals surface area contributed by atoms with E-state index in [4.69, 9.17) is 5.73 Å². The fourth-order valence-corrected chi connectivity index (χ4v) is 2.84. The standard InChI is InChI=1S/C18H18N2O2.C2H6/c19-18(22)17-11-14-10-13(6-7-16(14)20-17)15(8-9-21)12-4-2-1-3-5-12;1-2/h1-7,10-11,15,20-21H,8-9H2,(H2,19,22);1-2H3. The Balaban J connectivity index is 0.00000100. The van der Waals surface area contributed by atoms with Gasteiger partial charge in [0.2, 0.25) is 0 Å². The first-order valence-electron chi connectivity index (χ1n) is 8.27. The highest BCUT2D eigenvalue weighted by molar-refractivity contribution is 5.97. The van der Waals surface area contributed by atoms with E-state index >= 15 is 0 Å². The average Bonchev–Trinajstić information content (AvgIpc) is 3.06. The molecule has 0 saturated carbocycles. The van der Waals surface area contributed by atoms with Gasteiger partial charge in [0.15, 0.2) is 0 Å². The number of aromatic amines is 1. The highest BCUT2D eigenvalue weighted by atomic mass is 16.3. The van der Waals surface area contributed by atoms with Crippen LogP contribution >= 0.6 is 0 Å². The van der Waals surface area contributed by atoms with Crippen LogP contribution in [-0.4, -0.2) is 22.6 Å². The summed E-state index contributed by atoms with van der Waals surface area (Å²) < 4.78 is 0. The van der Waals surface area contributed by atoms with Crippen LogP contribution in [0.15, 0.2) is 54.6 Å². The molecule has 0 aliphatic carbocycles. The summed E-state index contributed by atoms with van der Waals surface area (Å²) in [4.78, 5) is 14.3. The van der Waals surface area contributed by atoms with Crippen LogP contribution in [-0.2, 0) is 0 Å². The third-order valence-corrected chi connectivity index (χ3v) is 3.93. The number of aliphatic hydroxyl groups is 1. The molecule has 24 heavy (non-hydrogen) atoms. The van der Waals surface area contributed by atoms with Crippen LogP contribution < -0.4 is 5.73 Å². The van der Waals surface area contributed by atoms with Crippen molar-refractivity contribution in [2.75, 3.05) is 6.61 Å². The van der Waals surface area contributed by atoms with Crippen LogP contribution in [0.4, 0.5) is 0 Å². The van der Waals surface area contributed by atoms with E-state index in [0.29, 0.717) is 12.1 Å². The maximum absolute atomic E-state index is 11.3. The number of nitrogens with two attached hydrogens (primary N) is 1. The molecular weight excluding hydrogens is 300 g/mol. The Labute approximate surface area is 142 Å². The minimum absolute atomic E-state index is 0.122. The number of hydrogen-bond donors (Lipinski definition) is 3. The van der Waals surface area contributed by atoms with Gasteiger partial charge in [0.1, 0.15) is 5.69 Å². The lowest BCUT2D eigenvalue weighted by molar-refractivity contribution is 0.0996. The van der Waals surface area contributed by atoms with Gasteiger partial charge in [-0.05, 0) is 35.7 Å². The molecule has 1 unspecified atom stereocenters. The Morgan fingerprint density at radius 3 is 2.42 bits per heavy atom. The Bertz CT molecular complexity index is 794. The van der Waals surface area contributed by atoms with Gasteiger partial charge in [-0.1, -0.05) is 50.2 Å². The summed E-state index contributed by atoms with van der Waals surface area (Å²) >= 11 is 0. The fourth-order valence-electron chi connectivity index (χ4n) is 2.84. The minimum atomic E-state index is -0.465. The maximum Gasteiger partial charge on any atom is 0.265 e. The number of amides is 1. The van der Waals surface area contributed by atoms with Crippen molar-refractivity contribution >= 4 is 16.8 Å². The van der Waals surface area contributed by atoms with E-state index in [0.717, 1.165) is 16.5 Å². The van der Waals surface area contributed by atoms with Gasteiger partial charge in [-0.2, -0.15) is 0 Å². The number of fused-ring (bicyclic) bond motifs is 1. The number of benzene rings is 2. The second-order valence-electron chi connectivity index (χ2n) is 5.37. The molecule has 1 atom stereocenters. The predicted octanol–water partition coefficient (Wildman–Crippen LogP) is 3.81. The van der Waals surface area contributed by atoms with Crippen molar-refractivity contribution in [3.05, 3.63) is 71.4 Å². The van der Waals surface area contributed by atoms with Gasteiger partial charge in [-0.15, -0.1) is 0 Å². The molecule has 0 aliphatic rings. The van der Waals surface area contributed by atoms with Gasteiger partial charge in [-0.3, -0.25) is 4.79 Å². The Morgan fingerprint density at radius 1 is 1.08 bits per heavy atom. The van der Waals surface area contributed by atoms with Gasteiger partial charge in [-0.25, -0.2) is 0 Å². The molecule has 1 amide bonds. The Hall–Kier alpha value is -2.59. The highest BCUT2D eigenvalue weighted by Crippen LogP contribution is 2.30. The topological polar surface area (TPSA) is 79.1 Å². The summed E-state index contributed by atoms with van der Waals surface area (Å²) in [5.41, 5.74) is 8.88. The second kappa shape index (κ2) is 8.31. The molecule has 126 valence electrons. The molecule has 4 heteroatoms. The van der Waals surface area contributed by atoms with Crippen molar-refractivity contribution in [3.63, 3.8) is 0 Å². The van der Waals surface area contributed by atoms with Gasteiger partial charge in [0.05, 0.1) is 0 Å². The molecule has 1 aromatic heterocycles. The summed E-state index contributed by atoms with van der Waals surface area (Å²) in [6, 6.07) is 17.9. The lowest BCUT2D eigenvalue weighted by Crippen LogP contribution is -2.10. The number of rotatable bonds is 5. The van der Waals surface area contributed by atoms with E-state index in [2.05, 4.69) is 17.1 Å². The second-order valence-corrected chi connectivity index (χ2v) is 5.37. The lowest BCUT2D eigenvalue weighted by atomic mass is 9.88. The van der Waals surface area contributed by atoms with Crippen molar-refractivity contribution < 1.29 is 9.90 Å². The maximum atomic E-state index is 11.3. The number of primary amides is 1. The smallest absolute Gasteiger partial charge is 0.265 e. The number of carbonyl (C=O) groups excluding carboxylic acids is 1. The van der Waals surface area contributed by atoms with Crippen molar-refractivity contribution in [3.8, 4) is 0 Å². The molecule has 0 bridgehead atoms. The van der Waals surface area contributed by atoms with Crippen molar-refractivity contribution in [2.45, 2.75) is 26.2 Å². The van der Waals surface area contributed by atoms with Crippen LogP contribution in [0.3, 0.4) is 0 Å². The third-order valence-electron chi connectivity index (χ3n) is 3.93. The lowest BCUT2D eigenvalue weighted by Gasteiger charge is -2.17. The van der Waals surface area contributed by atoms with Crippen molar-refractivity contribution in [1.29, 1.82) is 0 Å². The first-order valence-corrected chi connectivity index (χ1v) is 8.27. The first kappa shape index (κ1) is 17.8. The number of H-pyrrole nitrogens is 1. The van der Waals surface area contributed by atoms with Gasteiger partial charge in [0.25, 0.3) is 5.91 Å². The van der Waals surface area contributed by atoms with Gasteiger partial charge >= 0.3 is 0 Å². The molecule has 0 spiro atoms. The molecule has 1 heterocycles. The summed E-state index contributed by atoms with van der Waals surface area (Å²) in [6.45, 7) is 4.12. The molecule has 0 saturated heterocycles. The average molecular weight is 324 g/mol. The Morgan fingerprint density at radius 2 is 1.79 bits per heavy atom. The molecule has 3 rings (SSSR count). The highest BCUT2D eigenvalue weighted by Gasteiger charge is 2.15. The fraction of sp³-hybridized carbons (Fsp3) is 0.250. The molecule has 3 aromatic rings. The number of aromatic nitrogens is 1. The van der Waals surface area contributed by atoms with E-state index in [1.807, 2.05) is 50.2 Å². The summed E-state index contributed by atoms with van der Waals surface area (Å²) in [5.74, 6) is -0.338. The Kier molecular flexibility index (Phi) is 6.15. The monoisotopic (exact) mass is 324 g/mol. The van der Waals surface area contributed by atoms with E-state index in [9.17, 15) is 9.90 Å². The molecule has 4 nitrogen and oxygen atoms in total. The largest absolute Gasteiger partial charge is 0.396 e. The molecule has 2 aromatic carbocycles. The number of nitrogens with one attached hydrogen (secondary N) is 1. The van der Waals surface area contributed by atoms with Crippen molar-refractivity contribution in [1.82, 2.24) is 4.98 Å². The van der Waals surface area contributed by atoms with Crippen LogP contribution in [0.2, 0.25) is 0 Å². The van der Waals surface area contributed by atoms with Crippen LogP contribution in [0.5, 0.6) is 0 Å². The third kappa shape index (κ3) is 3.84. The molecular formula is C20H24N2O2. The van der Waals surface area contributed by atoms with Gasteiger partial charge in [0, 0.05) is 23.4 Å². The minimum Gasteiger partial charge on any atom is -0.396 e. The van der Waals surface area contributed by atoms with Crippen molar-refractivity contribution in [2.24, 2.45) is 5.73 Å². The first-order chi connectivity index (χ1) is 11.7. The van der Waals surface area contributed by atoms with E-state index < -0.39 is 5.91 Å². The van der Waals surface area contributed by atoms with Crippen LogP contribution in [0.1, 0.15) is 47.8 Å². The normalized spacial score (nSPS) is 11.6. The summed E-state index contributed by atoms with van der Waals surface area (Å²) in [7, 11) is 0. The molecule has 0 radical (unpaired) electrons. The summed E-state index contributed by atoms with van der Waals surface area (Å²) in [6.07, 6.45) is 0.655. The zero-order chi connectivity index (χ0) is 17.5. The van der Waals surface area contributed by atoms with E-state index in [1.54, 1.807) is 6.07 Å². The zero-order valence-electron chi connectivity index (χ0n) is 14.1. The predicted molar refractivity (Wildman–Crippen MR) is 98.2 cm³/mol. The quantitative estimate of drug-likeness (QED) is 0.667. The number of hydrogen-bond acceptors (Lipinski definition) is 2.